The van der Waals surface area contributed by atoms with Crippen LogP contribution in [0.25, 0.3) is 0 Å². The molecule has 1 aliphatic heterocycles. The number of fused-ring (bicyclic) bond motifs is 1. The van der Waals surface area contributed by atoms with Crippen molar-refractivity contribution >= 4 is 34.5 Å². The Kier molecular flexibility index (Phi) is 3.31. The van der Waals surface area contributed by atoms with E-state index in [9.17, 15) is 14.4 Å². The molecule has 0 fully saturated rings. The lowest BCUT2D eigenvalue weighted by Gasteiger charge is -2.15. The predicted molar refractivity (Wildman–Crippen MR) is 78.3 cm³/mol. The van der Waals surface area contributed by atoms with Crippen LogP contribution in [-0.4, -0.2) is 31.1 Å². The van der Waals surface area contributed by atoms with E-state index in [1.165, 1.54) is 29.4 Å². The van der Waals surface area contributed by atoms with Crippen molar-refractivity contribution in [3.8, 4) is 5.75 Å². The van der Waals surface area contributed by atoms with Crippen LogP contribution >= 0.6 is 11.3 Å². The highest BCUT2D eigenvalue weighted by Crippen LogP contribution is 2.32. The predicted octanol–water partition coefficient (Wildman–Crippen LogP) is 2.17. The van der Waals surface area contributed by atoms with Gasteiger partial charge in [-0.2, -0.15) is 0 Å². The SMILES string of the molecule is COc1ccc2c(c1)C(=O)C(=O)N2CC(=O)c1cccs1. The largest absolute Gasteiger partial charge is 0.497 e. The fraction of sp³-hybridized carbons (Fsp3) is 0.133. The van der Waals surface area contributed by atoms with Crippen LogP contribution in [0.5, 0.6) is 5.75 Å². The van der Waals surface area contributed by atoms with Crippen molar-refractivity contribution < 1.29 is 19.1 Å². The third-order valence-electron chi connectivity index (χ3n) is 3.28. The second-order valence-corrected chi connectivity index (χ2v) is 5.45. The number of methoxy groups -OCH3 is 1. The fourth-order valence-electron chi connectivity index (χ4n) is 2.22. The molecule has 2 heterocycles. The Hall–Kier alpha value is -2.47. The zero-order valence-corrected chi connectivity index (χ0v) is 12.0. The Balaban J connectivity index is 1.93. The van der Waals surface area contributed by atoms with Crippen LogP contribution in [-0.2, 0) is 4.79 Å². The molecule has 5 nitrogen and oxygen atoms in total. The highest BCUT2D eigenvalue weighted by molar-refractivity contribution is 7.12. The Bertz CT molecular complexity index is 736. The molecule has 0 atom stereocenters. The maximum Gasteiger partial charge on any atom is 0.299 e. The Morgan fingerprint density at radius 3 is 2.76 bits per heavy atom. The summed E-state index contributed by atoms with van der Waals surface area (Å²) in [6, 6.07) is 8.27. The summed E-state index contributed by atoms with van der Waals surface area (Å²) >= 11 is 1.31. The van der Waals surface area contributed by atoms with Crippen molar-refractivity contribution in [1.82, 2.24) is 0 Å². The number of anilines is 1. The van der Waals surface area contributed by atoms with Crippen LogP contribution in [0.1, 0.15) is 20.0 Å². The summed E-state index contributed by atoms with van der Waals surface area (Å²) in [5.74, 6) is -0.970. The number of ether oxygens (including phenoxy) is 1. The lowest BCUT2D eigenvalue weighted by molar-refractivity contribution is -0.114. The van der Waals surface area contributed by atoms with Crippen LogP contribution in [0.2, 0.25) is 0 Å². The number of rotatable bonds is 4. The number of Topliss-reactive ketones (excluding diaryl/α,β-unsaturated/α-hetero) is 2. The number of carbonyl (C=O) groups excluding carboxylic acids is 3. The lowest BCUT2D eigenvalue weighted by Crippen LogP contribution is -2.34. The number of carbonyl (C=O) groups is 3. The molecule has 0 aliphatic carbocycles. The van der Waals surface area contributed by atoms with Gasteiger partial charge in [-0.25, -0.2) is 0 Å². The summed E-state index contributed by atoms with van der Waals surface area (Å²) < 4.78 is 5.05. The molecule has 6 heteroatoms. The molecule has 2 aromatic rings. The van der Waals surface area contributed by atoms with Gasteiger partial charge >= 0.3 is 0 Å². The first-order valence-electron chi connectivity index (χ1n) is 6.22. The zero-order valence-electron chi connectivity index (χ0n) is 11.2. The zero-order chi connectivity index (χ0) is 15.0. The van der Waals surface area contributed by atoms with E-state index in [4.69, 9.17) is 4.74 Å². The Morgan fingerprint density at radius 1 is 1.29 bits per heavy atom. The highest BCUT2D eigenvalue weighted by Gasteiger charge is 2.37. The van der Waals surface area contributed by atoms with Crippen molar-refractivity contribution in [1.29, 1.82) is 0 Å². The molecule has 0 spiro atoms. The summed E-state index contributed by atoms with van der Waals surface area (Å²) in [7, 11) is 1.49. The number of amides is 1. The van der Waals surface area contributed by atoms with Crippen LogP contribution in [0.3, 0.4) is 0 Å². The third kappa shape index (κ3) is 2.23. The molecule has 0 bridgehead atoms. The molecule has 0 radical (unpaired) electrons. The number of nitrogens with zero attached hydrogens (tertiary/aromatic N) is 1. The van der Waals surface area contributed by atoms with Gasteiger partial charge in [0, 0.05) is 0 Å². The third-order valence-corrected chi connectivity index (χ3v) is 4.19. The van der Waals surface area contributed by atoms with Crippen LogP contribution < -0.4 is 9.64 Å². The first kappa shape index (κ1) is 13.5. The van der Waals surface area contributed by atoms with Crippen molar-refractivity contribution in [2.24, 2.45) is 0 Å². The molecular formula is C15H11NO4S. The normalized spacial score (nSPS) is 13.5. The minimum absolute atomic E-state index is 0.135. The molecule has 1 aromatic heterocycles. The monoisotopic (exact) mass is 301 g/mol. The van der Waals surface area contributed by atoms with Crippen molar-refractivity contribution in [2.45, 2.75) is 0 Å². The van der Waals surface area contributed by atoms with Crippen LogP contribution in [0, 0.1) is 0 Å². The van der Waals surface area contributed by atoms with Crippen LogP contribution in [0.15, 0.2) is 35.7 Å². The smallest absolute Gasteiger partial charge is 0.299 e. The van der Waals surface area contributed by atoms with Gasteiger partial charge in [0.2, 0.25) is 0 Å². The minimum Gasteiger partial charge on any atom is -0.497 e. The van der Waals surface area contributed by atoms with Gasteiger partial charge in [0.25, 0.3) is 11.7 Å². The number of hydrogen-bond donors (Lipinski definition) is 0. The standard InChI is InChI=1S/C15H11NO4S/c1-20-9-4-5-11-10(7-9)14(18)15(19)16(11)8-12(17)13-3-2-6-21-13/h2-7H,8H2,1H3. The Morgan fingerprint density at radius 2 is 2.10 bits per heavy atom. The molecule has 21 heavy (non-hydrogen) atoms. The van der Waals surface area contributed by atoms with E-state index in [1.54, 1.807) is 29.6 Å². The summed E-state index contributed by atoms with van der Waals surface area (Å²) in [4.78, 5) is 38.0. The van der Waals surface area contributed by atoms with E-state index in [2.05, 4.69) is 0 Å². The van der Waals surface area contributed by atoms with E-state index < -0.39 is 11.7 Å². The average molecular weight is 301 g/mol. The summed E-state index contributed by atoms with van der Waals surface area (Å²) in [5.41, 5.74) is 0.731. The minimum atomic E-state index is -0.678. The summed E-state index contributed by atoms with van der Waals surface area (Å²) in [5, 5.41) is 1.79. The van der Waals surface area contributed by atoms with E-state index in [0.717, 1.165) is 0 Å². The fourth-order valence-corrected chi connectivity index (χ4v) is 2.88. The van der Waals surface area contributed by atoms with E-state index >= 15 is 0 Å². The van der Waals surface area contributed by atoms with Gasteiger partial charge < -0.3 is 4.74 Å². The Labute approximate surface area is 124 Å². The second-order valence-electron chi connectivity index (χ2n) is 4.50. The van der Waals surface area contributed by atoms with E-state index in [0.29, 0.717) is 16.3 Å². The topological polar surface area (TPSA) is 63.7 Å². The number of ketones is 2. The van der Waals surface area contributed by atoms with E-state index in [1.807, 2.05) is 0 Å². The molecule has 0 saturated carbocycles. The van der Waals surface area contributed by atoms with Crippen LogP contribution in [0.4, 0.5) is 5.69 Å². The van der Waals surface area contributed by atoms with Gasteiger partial charge in [-0.15, -0.1) is 11.3 Å². The lowest BCUT2D eigenvalue weighted by atomic mass is 10.1. The van der Waals surface area contributed by atoms with Gasteiger partial charge in [0.05, 0.1) is 29.8 Å². The van der Waals surface area contributed by atoms with Gasteiger partial charge in [-0.3, -0.25) is 19.3 Å². The molecule has 0 N–H and O–H groups in total. The highest BCUT2D eigenvalue weighted by atomic mass is 32.1. The maximum atomic E-state index is 12.1. The first-order valence-corrected chi connectivity index (χ1v) is 7.10. The summed E-state index contributed by atoms with van der Waals surface area (Å²) in [6.45, 7) is -0.135. The number of benzene rings is 1. The van der Waals surface area contributed by atoms with Gasteiger partial charge in [0.1, 0.15) is 5.75 Å². The van der Waals surface area contributed by atoms with Gasteiger partial charge in [-0.1, -0.05) is 6.07 Å². The number of hydrogen-bond acceptors (Lipinski definition) is 5. The quantitative estimate of drug-likeness (QED) is 0.641. The molecule has 3 rings (SSSR count). The molecule has 1 aliphatic rings. The van der Waals surface area contributed by atoms with Crippen molar-refractivity contribution in [2.75, 3.05) is 18.6 Å². The molecular weight excluding hydrogens is 290 g/mol. The first-order chi connectivity index (χ1) is 10.1. The van der Waals surface area contributed by atoms with Gasteiger partial charge in [0.15, 0.2) is 5.78 Å². The number of thiophene rings is 1. The molecule has 0 unspecified atom stereocenters. The molecule has 106 valence electrons. The second kappa shape index (κ2) is 5.14. The average Bonchev–Trinajstić information content (AvgIpc) is 3.11. The molecule has 0 saturated heterocycles. The van der Waals surface area contributed by atoms with Crippen molar-refractivity contribution in [3.63, 3.8) is 0 Å². The van der Waals surface area contributed by atoms with Gasteiger partial charge in [-0.05, 0) is 29.6 Å². The van der Waals surface area contributed by atoms with Crippen molar-refractivity contribution in [3.05, 3.63) is 46.2 Å². The summed E-state index contributed by atoms with van der Waals surface area (Å²) in [6.07, 6.45) is 0. The van der Waals surface area contributed by atoms with E-state index in [-0.39, 0.29) is 17.9 Å². The molecule has 1 aromatic carbocycles. The maximum absolute atomic E-state index is 12.1. The molecule has 1 amide bonds.